The number of rotatable bonds is 4. The molecule has 0 spiro atoms. The molecule has 2 aliphatic rings. The van der Waals surface area contributed by atoms with E-state index >= 15 is 0 Å². The van der Waals surface area contributed by atoms with Crippen LogP contribution >= 0.6 is 7.92 Å². The minimum absolute atomic E-state index is 0.0997. The molecule has 0 radical (unpaired) electrons. The summed E-state index contributed by atoms with van der Waals surface area (Å²) < 4.78 is 6.53. The normalized spacial score (nSPS) is 19.1. The van der Waals surface area contributed by atoms with Crippen LogP contribution in [0, 0.1) is 0 Å². The third-order valence-electron chi connectivity index (χ3n) is 6.35. The topological polar surface area (TPSA) is 21.6 Å². The van der Waals surface area contributed by atoms with Crippen LogP contribution in [-0.2, 0) is 11.2 Å². The standard InChI is InChI=1S/C29H24NOP/c1-3-12-22(13-4-1)32(23-14-5-2-6-15-23)27-18-10-9-17-25(27)29-30-28-24-16-8-7-11-21(24)19-20-26(28)31-29/h1-18,26,28H,19-20H2/t26-,28+/m0/s1. The van der Waals surface area contributed by atoms with Gasteiger partial charge in [-0.3, -0.25) is 0 Å². The van der Waals surface area contributed by atoms with E-state index in [0.717, 1.165) is 24.3 Å². The fourth-order valence-corrected chi connectivity index (χ4v) is 7.29. The summed E-state index contributed by atoms with van der Waals surface area (Å²) in [5.74, 6) is 0.798. The maximum absolute atomic E-state index is 6.53. The maximum atomic E-state index is 6.53. The summed E-state index contributed by atoms with van der Waals surface area (Å²) in [6.45, 7) is 0. The average molecular weight is 433 g/mol. The molecule has 2 nitrogen and oxygen atoms in total. The average Bonchev–Trinajstić information content (AvgIpc) is 3.31. The fourth-order valence-electron chi connectivity index (χ4n) is 4.85. The SMILES string of the molecule is c1ccc(P(c2ccccc2)c2ccccc2C2=N[C@@H]3c4ccccc4CC[C@@H]3O2)cc1. The Kier molecular flexibility index (Phi) is 5.09. The number of nitrogens with zero attached hydrogens (tertiary/aromatic N) is 1. The van der Waals surface area contributed by atoms with Gasteiger partial charge in [0.2, 0.25) is 5.90 Å². The van der Waals surface area contributed by atoms with Crippen LogP contribution in [0.2, 0.25) is 0 Å². The summed E-state index contributed by atoms with van der Waals surface area (Å²) >= 11 is 0. The molecule has 1 heterocycles. The monoisotopic (exact) mass is 433 g/mol. The molecular formula is C29H24NOP. The highest BCUT2D eigenvalue weighted by molar-refractivity contribution is 7.80. The van der Waals surface area contributed by atoms with Crippen molar-refractivity contribution in [3.05, 3.63) is 126 Å². The predicted molar refractivity (Wildman–Crippen MR) is 134 cm³/mol. The predicted octanol–water partition coefficient (Wildman–Crippen LogP) is 5.28. The second kappa shape index (κ2) is 8.37. The third kappa shape index (κ3) is 3.45. The van der Waals surface area contributed by atoms with Gasteiger partial charge in [-0.25, -0.2) is 4.99 Å². The van der Waals surface area contributed by atoms with Gasteiger partial charge >= 0.3 is 0 Å². The molecule has 0 amide bonds. The van der Waals surface area contributed by atoms with Gasteiger partial charge in [-0.2, -0.15) is 0 Å². The Bertz CT molecular complexity index is 1230. The minimum Gasteiger partial charge on any atom is -0.471 e. The zero-order valence-corrected chi connectivity index (χ0v) is 18.7. The summed E-state index contributed by atoms with van der Waals surface area (Å²) in [4.78, 5) is 5.16. The lowest BCUT2D eigenvalue weighted by Crippen LogP contribution is -2.27. The van der Waals surface area contributed by atoms with Crippen molar-refractivity contribution >= 4 is 29.7 Å². The lowest BCUT2D eigenvalue weighted by Gasteiger charge is -2.25. The van der Waals surface area contributed by atoms with Crippen LogP contribution in [-0.4, -0.2) is 12.0 Å². The first-order chi connectivity index (χ1) is 15.9. The van der Waals surface area contributed by atoms with Gasteiger partial charge in [-0.05, 0) is 53.9 Å². The zero-order chi connectivity index (χ0) is 21.3. The molecule has 0 fully saturated rings. The Morgan fingerprint density at radius 2 is 1.31 bits per heavy atom. The highest BCUT2D eigenvalue weighted by atomic mass is 31.1. The van der Waals surface area contributed by atoms with Crippen molar-refractivity contribution in [2.24, 2.45) is 4.99 Å². The molecule has 1 aliphatic heterocycles. The zero-order valence-electron chi connectivity index (χ0n) is 17.8. The molecule has 0 N–H and O–H groups in total. The number of benzene rings is 4. The van der Waals surface area contributed by atoms with Gasteiger partial charge in [0.25, 0.3) is 0 Å². The van der Waals surface area contributed by atoms with Crippen LogP contribution in [0.15, 0.2) is 114 Å². The van der Waals surface area contributed by atoms with E-state index in [1.165, 1.54) is 27.0 Å². The lowest BCUT2D eigenvalue weighted by molar-refractivity contribution is 0.175. The number of aliphatic imine (C=N–C) groups is 1. The van der Waals surface area contributed by atoms with Gasteiger partial charge < -0.3 is 4.74 Å². The highest BCUT2D eigenvalue weighted by Crippen LogP contribution is 2.41. The van der Waals surface area contributed by atoms with Crippen LogP contribution in [0.4, 0.5) is 0 Å². The van der Waals surface area contributed by atoms with Crippen LogP contribution < -0.4 is 15.9 Å². The molecule has 156 valence electrons. The summed E-state index contributed by atoms with van der Waals surface area (Å²) in [6.07, 6.45) is 2.21. The first kappa shape index (κ1) is 19.5. The van der Waals surface area contributed by atoms with E-state index in [9.17, 15) is 0 Å². The molecule has 3 heteroatoms. The molecule has 0 aromatic heterocycles. The van der Waals surface area contributed by atoms with E-state index in [1.54, 1.807) is 0 Å². The molecule has 2 atom stereocenters. The summed E-state index contributed by atoms with van der Waals surface area (Å²) in [5, 5.41) is 3.97. The third-order valence-corrected chi connectivity index (χ3v) is 8.85. The molecule has 0 saturated heterocycles. The lowest BCUT2D eigenvalue weighted by atomic mass is 9.86. The van der Waals surface area contributed by atoms with Crippen molar-refractivity contribution in [2.75, 3.05) is 0 Å². The van der Waals surface area contributed by atoms with Crippen LogP contribution in [0.3, 0.4) is 0 Å². The first-order valence-corrected chi connectivity index (χ1v) is 12.5. The van der Waals surface area contributed by atoms with E-state index in [2.05, 4.69) is 109 Å². The molecule has 1 aliphatic carbocycles. The quantitative estimate of drug-likeness (QED) is 0.402. The Balaban J connectivity index is 1.47. The number of fused-ring (bicyclic) bond motifs is 3. The summed E-state index contributed by atoms with van der Waals surface area (Å²) in [6, 6.07) is 39.1. The molecular weight excluding hydrogens is 409 g/mol. The van der Waals surface area contributed by atoms with Crippen LogP contribution in [0.25, 0.3) is 0 Å². The number of aryl methyl sites for hydroxylation is 1. The summed E-state index contributed by atoms with van der Waals surface area (Å²) in [5.41, 5.74) is 3.86. The highest BCUT2D eigenvalue weighted by Gasteiger charge is 2.37. The Hall–Kier alpha value is -3.22. The van der Waals surface area contributed by atoms with Crippen molar-refractivity contribution in [1.82, 2.24) is 0 Å². The number of hydrogen-bond acceptors (Lipinski definition) is 2. The molecule has 6 rings (SSSR count). The number of ether oxygens (including phenoxy) is 1. The number of hydrogen-bond donors (Lipinski definition) is 0. The maximum Gasteiger partial charge on any atom is 0.217 e. The molecule has 32 heavy (non-hydrogen) atoms. The second-order valence-corrected chi connectivity index (χ2v) is 10.5. The molecule has 0 saturated carbocycles. The van der Waals surface area contributed by atoms with Crippen molar-refractivity contribution < 1.29 is 4.74 Å². The van der Waals surface area contributed by atoms with E-state index in [0.29, 0.717) is 0 Å². The van der Waals surface area contributed by atoms with Gasteiger partial charge in [0, 0.05) is 5.56 Å². The van der Waals surface area contributed by atoms with Gasteiger partial charge in [-0.1, -0.05) is 103 Å². The first-order valence-electron chi connectivity index (χ1n) is 11.2. The van der Waals surface area contributed by atoms with Crippen molar-refractivity contribution in [3.63, 3.8) is 0 Å². The Morgan fingerprint density at radius 1 is 0.688 bits per heavy atom. The minimum atomic E-state index is -0.718. The largest absolute Gasteiger partial charge is 0.471 e. The Labute approximate surface area is 190 Å². The Morgan fingerprint density at radius 3 is 2.06 bits per heavy atom. The van der Waals surface area contributed by atoms with Crippen LogP contribution in [0.5, 0.6) is 0 Å². The van der Waals surface area contributed by atoms with Crippen molar-refractivity contribution in [1.29, 1.82) is 0 Å². The van der Waals surface area contributed by atoms with E-state index < -0.39 is 7.92 Å². The molecule has 4 aromatic rings. The van der Waals surface area contributed by atoms with Gasteiger partial charge in [0.1, 0.15) is 12.1 Å². The fraction of sp³-hybridized carbons (Fsp3) is 0.138. The van der Waals surface area contributed by atoms with Gasteiger partial charge in [-0.15, -0.1) is 0 Å². The van der Waals surface area contributed by atoms with Gasteiger partial charge in [0.05, 0.1) is 0 Å². The molecule has 0 bridgehead atoms. The van der Waals surface area contributed by atoms with Crippen molar-refractivity contribution in [3.8, 4) is 0 Å². The van der Waals surface area contributed by atoms with E-state index in [-0.39, 0.29) is 12.1 Å². The van der Waals surface area contributed by atoms with Crippen LogP contribution in [0.1, 0.15) is 29.2 Å². The van der Waals surface area contributed by atoms with Crippen molar-refractivity contribution in [2.45, 2.75) is 25.0 Å². The smallest absolute Gasteiger partial charge is 0.217 e. The molecule has 4 aromatic carbocycles. The second-order valence-electron chi connectivity index (χ2n) is 8.30. The molecule has 0 unspecified atom stereocenters. The summed E-state index contributed by atoms with van der Waals surface area (Å²) in [7, 11) is -0.718. The van der Waals surface area contributed by atoms with E-state index in [4.69, 9.17) is 9.73 Å². The van der Waals surface area contributed by atoms with E-state index in [1.807, 2.05) is 0 Å². The van der Waals surface area contributed by atoms with Gasteiger partial charge in [0.15, 0.2) is 0 Å².